The molecule has 3 saturated carbocycles. The fourth-order valence-corrected chi connectivity index (χ4v) is 3.51. The van der Waals surface area contributed by atoms with E-state index in [-0.39, 0.29) is 0 Å². The van der Waals surface area contributed by atoms with Crippen molar-refractivity contribution in [3.63, 3.8) is 0 Å². The van der Waals surface area contributed by atoms with Crippen molar-refractivity contribution in [3.05, 3.63) is 0 Å². The maximum atomic E-state index is 5.75. The van der Waals surface area contributed by atoms with Crippen molar-refractivity contribution in [2.45, 2.75) is 45.3 Å². The molecule has 1 nitrogen and oxygen atoms in total. The summed E-state index contributed by atoms with van der Waals surface area (Å²) in [5.74, 6) is 1.83. The highest BCUT2D eigenvalue weighted by atomic mass is 16.6. The highest BCUT2D eigenvalue weighted by Crippen LogP contribution is 2.70. The van der Waals surface area contributed by atoms with Crippen molar-refractivity contribution in [1.82, 2.24) is 0 Å². The van der Waals surface area contributed by atoms with Crippen LogP contribution >= 0.6 is 0 Å². The van der Waals surface area contributed by atoms with Crippen LogP contribution in [0.25, 0.3) is 0 Å². The van der Waals surface area contributed by atoms with Gasteiger partial charge in [-0.05, 0) is 37.0 Å². The van der Waals surface area contributed by atoms with Crippen LogP contribution in [0, 0.1) is 17.3 Å². The van der Waals surface area contributed by atoms with Gasteiger partial charge in [0.1, 0.15) is 0 Å². The highest BCUT2D eigenvalue weighted by molar-refractivity contribution is 5.20. The molecule has 4 rings (SSSR count). The van der Waals surface area contributed by atoms with E-state index in [4.69, 9.17) is 4.74 Å². The van der Waals surface area contributed by atoms with Crippen molar-refractivity contribution in [3.8, 4) is 0 Å². The molecule has 3 aliphatic carbocycles. The summed E-state index contributed by atoms with van der Waals surface area (Å²) in [5, 5.41) is 0. The van der Waals surface area contributed by atoms with Crippen LogP contribution in [0.4, 0.5) is 0 Å². The van der Waals surface area contributed by atoms with E-state index in [0.717, 1.165) is 11.8 Å². The summed E-state index contributed by atoms with van der Waals surface area (Å²) in [6, 6.07) is 0. The van der Waals surface area contributed by atoms with E-state index in [1.165, 1.54) is 12.8 Å². The van der Waals surface area contributed by atoms with E-state index in [1.54, 1.807) is 0 Å². The minimum Gasteiger partial charge on any atom is -0.366 e. The van der Waals surface area contributed by atoms with Gasteiger partial charge in [0.25, 0.3) is 0 Å². The largest absolute Gasteiger partial charge is 0.366 e. The lowest BCUT2D eigenvalue weighted by atomic mass is 9.46. The van der Waals surface area contributed by atoms with Crippen LogP contribution in [0.15, 0.2) is 0 Å². The van der Waals surface area contributed by atoms with Gasteiger partial charge in [-0.1, -0.05) is 13.8 Å². The molecule has 2 bridgehead atoms. The molecule has 1 saturated heterocycles. The first-order chi connectivity index (χ1) is 5.05. The van der Waals surface area contributed by atoms with E-state index >= 15 is 0 Å². The Morgan fingerprint density at radius 1 is 1.18 bits per heavy atom. The topological polar surface area (TPSA) is 12.5 Å². The van der Waals surface area contributed by atoms with E-state index in [9.17, 15) is 0 Å². The average molecular weight is 152 g/mol. The van der Waals surface area contributed by atoms with Crippen LogP contribution < -0.4 is 0 Å². The molecular weight excluding hydrogens is 136 g/mol. The third-order valence-corrected chi connectivity index (χ3v) is 4.64. The predicted octanol–water partition coefficient (Wildman–Crippen LogP) is 2.21. The van der Waals surface area contributed by atoms with Gasteiger partial charge in [-0.2, -0.15) is 0 Å². The maximum Gasteiger partial charge on any atom is 0.0953 e. The van der Waals surface area contributed by atoms with Crippen LogP contribution in [0.2, 0.25) is 0 Å². The van der Waals surface area contributed by atoms with Crippen LogP contribution in [-0.2, 0) is 4.74 Å². The number of hydrogen-bond donors (Lipinski definition) is 0. The molecule has 0 spiro atoms. The molecule has 0 aromatic rings. The number of epoxide rings is 1. The third-order valence-electron chi connectivity index (χ3n) is 4.64. The first kappa shape index (κ1) is 6.47. The molecule has 4 fully saturated rings. The lowest BCUT2D eigenvalue weighted by molar-refractivity contribution is -0.0789. The summed E-state index contributed by atoms with van der Waals surface area (Å²) in [4.78, 5) is 0. The standard InChI is InChI=1S/C10H16O/c1-9(2)6-4-7(9)10(3)8(5-6)11-10/h6-8H,4-5H2,1-3H3/t6-,7+,8-,10-/m1/s1. The maximum absolute atomic E-state index is 5.75. The summed E-state index contributed by atoms with van der Waals surface area (Å²) in [5.41, 5.74) is 0.889. The molecule has 4 aliphatic rings. The quantitative estimate of drug-likeness (QED) is 0.485. The normalized spacial score (nSPS) is 63.0. The zero-order valence-corrected chi connectivity index (χ0v) is 7.55. The van der Waals surface area contributed by atoms with E-state index in [0.29, 0.717) is 17.1 Å². The van der Waals surface area contributed by atoms with Crippen LogP contribution in [0.3, 0.4) is 0 Å². The Balaban J connectivity index is 1.98. The molecule has 0 unspecified atom stereocenters. The molecule has 1 aliphatic heterocycles. The summed E-state index contributed by atoms with van der Waals surface area (Å²) in [6.07, 6.45) is 3.40. The second-order valence-corrected chi connectivity index (χ2v) is 5.33. The lowest BCUT2D eigenvalue weighted by Gasteiger charge is -2.57. The Bertz CT molecular complexity index is 216. The van der Waals surface area contributed by atoms with Gasteiger partial charge in [-0.3, -0.25) is 0 Å². The molecular formula is C10H16O. The predicted molar refractivity (Wildman–Crippen MR) is 43.3 cm³/mol. The Kier molecular flexibility index (Phi) is 0.820. The SMILES string of the molecule is CC1(C)[C@H]2C[C@H]3O[C@]3(C)[C@H]1C2. The zero-order chi connectivity index (χ0) is 7.85. The molecule has 1 heterocycles. The average Bonchev–Trinajstić information content (AvgIpc) is 2.58. The molecule has 0 aromatic heterocycles. The Morgan fingerprint density at radius 3 is 2.36 bits per heavy atom. The molecule has 0 N–H and O–H groups in total. The van der Waals surface area contributed by atoms with E-state index < -0.39 is 0 Å². The molecule has 62 valence electrons. The minimum absolute atomic E-state index is 0.304. The second-order valence-electron chi connectivity index (χ2n) is 5.33. The summed E-state index contributed by atoms with van der Waals surface area (Å²) in [6.45, 7) is 7.13. The highest BCUT2D eigenvalue weighted by Gasteiger charge is 2.72. The fourth-order valence-electron chi connectivity index (χ4n) is 3.51. The van der Waals surface area contributed by atoms with Gasteiger partial charge in [-0.25, -0.2) is 0 Å². The molecule has 4 atom stereocenters. The van der Waals surface area contributed by atoms with Crippen molar-refractivity contribution in [2.75, 3.05) is 0 Å². The van der Waals surface area contributed by atoms with Crippen LogP contribution in [-0.4, -0.2) is 11.7 Å². The molecule has 1 heteroatoms. The first-order valence-corrected chi connectivity index (χ1v) is 4.73. The number of hydrogen-bond acceptors (Lipinski definition) is 1. The molecule has 0 radical (unpaired) electrons. The van der Waals surface area contributed by atoms with Crippen molar-refractivity contribution in [1.29, 1.82) is 0 Å². The van der Waals surface area contributed by atoms with Gasteiger partial charge in [-0.15, -0.1) is 0 Å². The van der Waals surface area contributed by atoms with E-state index in [2.05, 4.69) is 20.8 Å². The van der Waals surface area contributed by atoms with Gasteiger partial charge in [0, 0.05) is 0 Å². The Labute approximate surface area is 68.1 Å². The number of rotatable bonds is 0. The lowest BCUT2D eigenvalue weighted by Crippen LogP contribution is -2.56. The minimum atomic E-state index is 0.304. The van der Waals surface area contributed by atoms with Gasteiger partial charge >= 0.3 is 0 Å². The summed E-state index contributed by atoms with van der Waals surface area (Å²) in [7, 11) is 0. The van der Waals surface area contributed by atoms with Gasteiger partial charge < -0.3 is 4.74 Å². The molecule has 0 aromatic carbocycles. The van der Waals surface area contributed by atoms with Crippen molar-refractivity contribution in [2.24, 2.45) is 17.3 Å². The second kappa shape index (κ2) is 1.39. The molecule has 0 amide bonds. The van der Waals surface area contributed by atoms with Gasteiger partial charge in [0.05, 0.1) is 11.7 Å². The van der Waals surface area contributed by atoms with E-state index in [1.807, 2.05) is 0 Å². The molecule has 11 heavy (non-hydrogen) atoms. The Hall–Kier alpha value is -0.0400. The van der Waals surface area contributed by atoms with Crippen molar-refractivity contribution < 1.29 is 4.74 Å². The zero-order valence-electron chi connectivity index (χ0n) is 7.55. The summed E-state index contributed by atoms with van der Waals surface area (Å²) < 4.78 is 5.75. The first-order valence-electron chi connectivity index (χ1n) is 4.73. The summed E-state index contributed by atoms with van der Waals surface area (Å²) >= 11 is 0. The van der Waals surface area contributed by atoms with Crippen LogP contribution in [0.5, 0.6) is 0 Å². The van der Waals surface area contributed by atoms with Gasteiger partial charge in [0.15, 0.2) is 0 Å². The van der Waals surface area contributed by atoms with Crippen LogP contribution in [0.1, 0.15) is 33.6 Å². The van der Waals surface area contributed by atoms with Crippen molar-refractivity contribution >= 4 is 0 Å². The third kappa shape index (κ3) is 0.516. The smallest absolute Gasteiger partial charge is 0.0953 e. The van der Waals surface area contributed by atoms with Gasteiger partial charge in [0.2, 0.25) is 0 Å². The monoisotopic (exact) mass is 152 g/mol. The fraction of sp³-hybridized carbons (Fsp3) is 1.00. The number of ether oxygens (including phenoxy) is 1. The Morgan fingerprint density at radius 2 is 1.91 bits per heavy atom.